The van der Waals surface area contributed by atoms with Gasteiger partial charge in [-0.05, 0) is 53.4 Å². The Balaban J connectivity index is 1.53. The first kappa shape index (κ1) is 25.2. The second-order valence-corrected chi connectivity index (χ2v) is 9.85. The Kier molecular flexibility index (Phi) is 8.07. The third kappa shape index (κ3) is 5.51. The van der Waals surface area contributed by atoms with Crippen LogP contribution in [0.4, 0.5) is 11.8 Å². The maximum atomic E-state index is 13.0. The predicted octanol–water partition coefficient (Wildman–Crippen LogP) is 2.92. The number of likely N-dealkylation sites (tertiary alicyclic amines) is 1. The zero-order valence-corrected chi connectivity index (χ0v) is 21.7. The zero-order valence-electron chi connectivity index (χ0n) is 21.7. The van der Waals surface area contributed by atoms with E-state index < -0.39 is 0 Å². The molecule has 192 valence electrons. The number of anilines is 2. The number of aromatic nitrogens is 4. The summed E-state index contributed by atoms with van der Waals surface area (Å²) in [5.41, 5.74) is 1.56. The molecule has 0 spiro atoms. The summed E-state index contributed by atoms with van der Waals surface area (Å²) in [5, 5.41) is 3.46. The molecule has 4 rings (SSSR count). The van der Waals surface area contributed by atoms with Crippen LogP contribution in [0.2, 0.25) is 0 Å². The summed E-state index contributed by atoms with van der Waals surface area (Å²) in [6.07, 6.45) is 6.14. The molecule has 2 saturated heterocycles. The molecular weight excluding hydrogens is 444 g/mol. The molecule has 2 aromatic heterocycles. The lowest BCUT2D eigenvalue weighted by atomic mass is 9.96. The average molecular weight is 485 g/mol. The van der Waals surface area contributed by atoms with Crippen molar-refractivity contribution in [2.75, 3.05) is 56.0 Å². The summed E-state index contributed by atoms with van der Waals surface area (Å²) >= 11 is 0. The van der Waals surface area contributed by atoms with Gasteiger partial charge in [0.05, 0.1) is 12.2 Å². The Labute approximate surface area is 208 Å². The number of carbonyl (C=O) groups excluding carboxylic acids is 2. The van der Waals surface area contributed by atoms with Gasteiger partial charge >= 0.3 is 0 Å². The van der Waals surface area contributed by atoms with Gasteiger partial charge in [0.2, 0.25) is 17.8 Å². The quantitative estimate of drug-likeness (QED) is 0.518. The Morgan fingerprint density at radius 1 is 1.20 bits per heavy atom. The summed E-state index contributed by atoms with van der Waals surface area (Å²) < 4.78 is 2.07. The minimum Gasteiger partial charge on any atom is -0.368 e. The number of hydrogen-bond donors (Lipinski definition) is 1. The van der Waals surface area contributed by atoms with E-state index in [2.05, 4.69) is 33.6 Å². The predicted molar refractivity (Wildman–Crippen MR) is 137 cm³/mol. The second kappa shape index (κ2) is 11.2. The van der Waals surface area contributed by atoms with Crippen molar-refractivity contribution in [1.29, 1.82) is 0 Å². The van der Waals surface area contributed by atoms with E-state index in [1.807, 2.05) is 30.0 Å². The third-order valence-electron chi connectivity index (χ3n) is 7.16. The summed E-state index contributed by atoms with van der Waals surface area (Å²) in [4.78, 5) is 45.4. The van der Waals surface area contributed by atoms with Gasteiger partial charge in [0.15, 0.2) is 17.0 Å². The molecule has 1 N–H and O–H groups in total. The number of piperidine rings is 1. The fourth-order valence-corrected chi connectivity index (χ4v) is 5.12. The maximum Gasteiger partial charge on any atom is 0.229 e. The lowest BCUT2D eigenvalue weighted by molar-refractivity contribution is -0.135. The van der Waals surface area contributed by atoms with E-state index in [0.29, 0.717) is 31.3 Å². The first-order chi connectivity index (χ1) is 16.9. The number of nitrogens with one attached hydrogen (secondary N) is 1. The number of rotatable bonds is 10. The molecule has 2 aliphatic rings. The van der Waals surface area contributed by atoms with E-state index in [4.69, 9.17) is 9.97 Å². The van der Waals surface area contributed by atoms with Crippen molar-refractivity contribution < 1.29 is 9.59 Å². The molecule has 35 heavy (non-hydrogen) atoms. The van der Waals surface area contributed by atoms with Crippen molar-refractivity contribution in [3.63, 3.8) is 0 Å². The highest BCUT2D eigenvalue weighted by Gasteiger charge is 2.30. The summed E-state index contributed by atoms with van der Waals surface area (Å²) in [6, 6.07) is 0.218. The lowest BCUT2D eigenvalue weighted by Crippen LogP contribution is -2.45. The van der Waals surface area contributed by atoms with Crippen molar-refractivity contribution >= 4 is 34.7 Å². The van der Waals surface area contributed by atoms with Crippen LogP contribution in [-0.2, 0) is 9.59 Å². The van der Waals surface area contributed by atoms with Crippen LogP contribution >= 0.6 is 0 Å². The van der Waals surface area contributed by atoms with Gasteiger partial charge in [-0.25, -0.2) is 4.98 Å². The van der Waals surface area contributed by atoms with Gasteiger partial charge < -0.3 is 24.6 Å². The van der Waals surface area contributed by atoms with Gasteiger partial charge in [-0.15, -0.1) is 0 Å². The van der Waals surface area contributed by atoms with Crippen molar-refractivity contribution in [3.8, 4) is 0 Å². The van der Waals surface area contributed by atoms with Crippen LogP contribution in [0.25, 0.3) is 11.2 Å². The SMILES string of the molecule is CCN(CC)C(=O)C1CCCN(c2nc(NCCCN3CCCC3=O)c3ncn(C(C)C)c3n2)C1. The molecule has 0 aliphatic carbocycles. The van der Waals surface area contributed by atoms with Gasteiger partial charge in [0.1, 0.15) is 0 Å². The van der Waals surface area contributed by atoms with Gasteiger partial charge in [0, 0.05) is 58.3 Å². The minimum atomic E-state index is -0.0348. The minimum absolute atomic E-state index is 0.0348. The van der Waals surface area contributed by atoms with E-state index in [0.717, 1.165) is 69.6 Å². The smallest absolute Gasteiger partial charge is 0.229 e. The van der Waals surface area contributed by atoms with Gasteiger partial charge in [-0.2, -0.15) is 9.97 Å². The second-order valence-electron chi connectivity index (χ2n) is 9.85. The van der Waals surface area contributed by atoms with Crippen LogP contribution < -0.4 is 10.2 Å². The highest BCUT2D eigenvalue weighted by molar-refractivity contribution is 5.85. The van der Waals surface area contributed by atoms with Crippen LogP contribution in [0.3, 0.4) is 0 Å². The van der Waals surface area contributed by atoms with Crippen molar-refractivity contribution in [1.82, 2.24) is 29.3 Å². The number of amides is 2. The molecular formula is C25H40N8O2. The number of hydrogen-bond acceptors (Lipinski definition) is 7. The Morgan fingerprint density at radius 3 is 2.69 bits per heavy atom. The number of fused-ring (bicyclic) bond motifs is 1. The Bertz CT molecular complexity index is 1030. The van der Waals surface area contributed by atoms with E-state index in [1.54, 1.807) is 0 Å². The molecule has 2 aromatic rings. The lowest BCUT2D eigenvalue weighted by Gasteiger charge is -2.34. The molecule has 0 saturated carbocycles. The van der Waals surface area contributed by atoms with Crippen LogP contribution in [0, 0.1) is 5.92 Å². The third-order valence-corrected chi connectivity index (χ3v) is 7.16. The number of imidazole rings is 1. The van der Waals surface area contributed by atoms with Gasteiger partial charge in [-0.3, -0.25) is 9.59 Å². The van der Waals surface area contributed by atoms with Crippen LogP contribution in [-0.4, -0.2) is 86.9 Å². The highest BCUT2D eigenvalue weighted by Crippen LogP contribution is 2.28. The van der Waals surface area contributed by atoms with Crippen molar-refractivity contribution in [2.45, 2.75) is 65.8 Å². The molecule has 0 radical (unpaired) electrons. The van der Waals surface area contributed by atoms with E-state index in [1.165, 1.54) is 0 Å². The molecule has 2 amide bonds. The molecule has 1 atom stereocenters. The van der Waals surface area contributed by atoms with Crippen molar-refractivity contribution in [3.05, 3.63) is 6.33 Å². The van der Waals surface area contributed by atoms with E-state index >= 15 is 0 Å². The Morgan fingerprint density at radius 2 is 2.00 bits per heavy atom. The van der Waals surface area contributed by atoms with Crippen LogP contribution in [0.5, 0.6) is 0 Å². The molecule has 2 fully saturated rings. The highest BCUT2D eigenvalue weighted by atomic mass is 16.2. The van der Waals surface area contributed by atoms with Crippen LogP contribution in [0.1, 0.15) is 65.8 Å². The van der Waals surface area contributed by atoms with Gasteiger partial charge in [-0.1, -0.05) is 0 Å². The van der Waals surface area contributed by atoms with Crippen molar-refractivity contribution in [2.24, 2.45) is 5.92 Å². The Hall–Kier alpha value is -2.91. The average Bonchev–Trinajstić information content (AvgIpc) is 3.48. The van der Waals surface area contributed by atoms with Gasteiger partial charge in [0.25, 0.3) is 0 Å². The van der Waals surface area contributed by atoms with Crippen LogP contribution in [0.15, 0.2) is 6.33 Å². The number of carbonyl (C=O) groups is 2. The summed E-state index contributed by atoms with van der Waals surface area (Å²) in [6.45, 7) is 13.5. The first-order valence-corrected chi connectivity index (χ1v) is 13.2. The number of nitrogens with zero attached hydrogens (tertiary/aromatic N) is 7. The topological polar surface area (TPSA) is 99.5 Å². The molecule has 2 aliphatic heterocycles. The summed E-state index contributed by atoms with van der Waals surface area (Å²) in [7, 11) is 0. The molecule has 1 unspecified atom stereocenters. The van der Waals surface area contributed by atoms with E-state index in [-0.39, 0.29) is 23.8 Å². The fourth-order valence-electron chi connectivity index (χ4n) is 5.12. The monoisotopic (exact) mass is 484 g/mol. The molecule has 4 heterocycles. The fraction of sp³-hybridized carbons (Fsp3) is 0.720. The normalized spacial score (nSPS) is 18.7. The molecule has 0 aromatic carbocycles. The molecule has 0 bridgehead atoms. The maximum absolute atomic E-state index is 13.0. The van der Waals surface area contributed by atoms with E-state index in [9.17, 15) is 9.59 Å². The standard InChI is InChI=1S/C25H40N8O2/c1-5-30(6-2)24(35)19-10-7-14-32(16-19)25-28-22(21-23(29-25)33(17-27-21)18(3)4)26-12-9-15-31-13-8-11-20(31)34/h17-19H,5-16H2,1-4H3,(H,26,28,29). The first-order valence-electron chi connectivity index (χ1n) is 13.2. The molecule has 10 nitrogen and oxygen atoms in total. The molecule has 10 heteroatoms. The largest absolute Gasteiger partial charge is 0.368 e. The summed E-state index contributed by atoms with van der Waals surface area (Å²) in [5.74, 6) is 1.81. The zero-order chi connectivity index (χ0) is 24.9.